The minimum Gasteiger partial charge on any atom is -0.508 e. The van der Waals surface area contributed by atoms with Gasteiger partial charge in [-0.1, -0.05) is 12.1 Å². The number of halogens is 1. The van der Waals surface area contributed by atoms with E-state index in [0.717, 1.165) is 6.07 Å². The van der Waals surface area contributed by atoms with Gasteiger partial charge < -0.3 is 14.9 Å². The molecule has 0 atom stereocenters. The van der Waals surface area contributed by atoms with Crippen LogP contribution < -0.4 is 10.2 Å². The summed E-state index contributed by atoms with van der Waals surface area (Å²) < 4.78 is 18.4. The zero-order valence-electron chi connectivity index (χ0n) is 12.3. The van der Waals surface area contributed by atoms with Crippen LogP contribution in [0, 0.1) is 5.82 Å². The molecule has 0 unspecified atom stereocenters. The first-order valence-electron chi connectivity index (χ1n) is 6.70. The Labute approximate surface area is 131 Å². The summed E-state index contributed by atoms with van der Waals surface area (Å²) in [6.45, 7) is 1.17. The van der Waals surface area contributed by atoms with Gasteiger partial charge in [0.15, 0.2) is 18.2 Å². The van der Waals surface area contributed by atoms with Gasteiger partial charge in [0.05, 0.1) is 5.71 Å². The molecule has 2 aromatic carbocycles. The van der Waals surface area contributed by atoms with E-state index in [0.29, 0.717) is 11.3 Å². The van der Waals surface area contributed by atoms with Gasteiger partial charge in [-0.25, -0.2) is 9.82 Å². The van der Waals surface area contributed by atoms with E-state index in [4.69, 9.17) is 4.74 Å². The van der Waals surface area contributed by atoms with Gasteiger partial charge in [0.2, 0.25) is 0 Å². The summed E-state index contributed by atoms with van der Waals surface area (Å²) in [5, 5.41) is 22.7. The number of hydrogen-bond donors (Lipinski definition) is 3. The highest BCUT2D eigenvalue weighted by atomic mass is 19.1. The lowest BCUT2D eigenvalue weighted by molar-refractivity contribution is -0.123. The number of hydrazone groups is 1. The Morgan fingerprint density at radius 3 is 2.70 bits per heavy atom. The molecule has 3 N–H and O–H groups in total. The third kappa shape index (κ3) is 4.44. The van der Waals surface area contributed by atoms with Crippen LogP contribution in [0.25, 0.3) is 0 Å². The standard InChI is InChI=1S/C16H15FN2O4/c1-10(12-7-6-11(20)8-14(12)21)18-19-16(22)9-23-15-5-3-2-4-13(15)17/h2-8,20-21H,9H2,1H3,(H,19,22)/b18-10+. The van der Waals surface area contributed by atoms with Crippen LogP contribution >= 0.6 is 0 Å². The molecule has 0 saturated heterocycles. The molecule has 0 aromatic heterocycles. The number of phenols is 2. The van der Waals surface area contributed by atoms with Gasteiger partial charge in [-0.3, -0.25) is 4.79 Å². The number of nitrogens with zero attached hydrogens (tertiary/aromatic N) is 1. The number of benzene rings is 2. The molecule has 0 bridgehead atoms. The third-order valence-electron chi connectivity index (χ3n) is 2.91. The van der Waals surface area contributed by atoms with Gasteiger partial charge in [-0.15, -0.1) is 0 Å². The second kappa shape index (κ2) is 7.26. The van der Waals surface area contributed by atoms with E-state index in [9.17, 15) is 19.4 Å². The van der Waals surface area contributed by atoms with E-state index in [1.165, 1.54) is 30.3 Å². The Kier molecular flexibility index (Phi) is 5.14. The fourth-order valence-electron chi connectivity index (χ4n) is 1.77. The van der Waals surface area contributed by atoms with Crippen LogP contribution in [0.5, 0.6) is 17.2 Å². The number of carbonyl (C=O) groups is 1. The zero-order valence-corrected chi connectivity index (χ0v) is 12.3. The maximum Gasteiger partial charge on any atom is 0.277 e. The summed E-state index contributed by atoms with van der Waals surface area (Å²) in [7, 11) is 0. The Balaban J connectivity index is 1.94. The molecule has 0 aliphatic heterocycles. The zero-order chi connectivity index (χ0) is 16.8. The summed E-state index contributed by atoms with van der Waals surface area (Å²) in [6.07, 6.45) is 0. The number of ether oxygens (including phenoxy) is 1. The predicted octanol–water partition coefficient (Wildman–Crippen LogP) is 2.16. The van der Waals surface area contributed by atoms with Crippen LogP contribution in [0.1, 0.15) is 12.5 Å². The molecule has 6 nitrogen and oxygen atoms in total. The average molecular weight is 318 g/mol. The number of aromatic hydroxyl groups is 2. The molecule has 0 fully saturated rings. The number of amides is 1. The molecular weight excluding hydrogens is 303 g/mol. The summed E-state index contributed by atoms with van der Waals surface area (Å²) in [5.74, 6) is -1.41. The van der Waals surface area contributed by atoms with Crippen LogP contribution in [-0.4, -0.2) is 28.4 Å². The smallest absolute Gasteiger partial charge is 0.277 e. The molecule has 0 aliphatic rings. The van der Waals surface area contributed by atoms with Crippen LogP contribution in [0.4, 0.5) is 4.39 Å². The van der Waals surface area contributed by atoms with E-state index in [2.05, 4.69) is 10.5 Å². The van der Waals surface area contributed by atoms with Gasteiger partial charge >= 0.3 is 0 Å². The van der Waals surface area contributed by atoms with Crippen molar-refractivity contribution in [3.63, 3.8) is 0 Å². The number of para-hydroxylation sites is 1. The van der Waals surface area contributed by atoms with Crippen LogP contribution in [0.2, 0.25) is 0 Å². The van der Waals surface area contributed by atoms with Gasteiger partial charge in [0.25, 0.3) is 5.91 Å². The van der Waals surface area contributed by atoms with Crippen LogP contribution in [0.3, 0.4) is 0 Å². The van der Waals surface area contributed by atoms with E-state index < -0.39 is 18.3 Å². The summed E-state index contributed by atoms with van der Waals surface area (Å²) in [5.41, 5.74) is 2.93. The summed E-state index contributed by atoms with van der Waals surface area (Å²) in [4.78, 5) is 11.6. The molecule has 2 aromatic rings. The molecule has 0 saturated carbocycles. The van der Waals surface area contributed by atoms with Crippen LogP contribution in [0.15, 0.2) is 47.6 Å². The van der Waals surface area contributed by atoms with Crippen molar-refractivity contribution < 1.29 is 24.1 Å². The molecular formula is C16H15FN2O4. The highest BCUT2D eigenvalue weighted by molar-refractivity contribution is 6.01. The lowest BCUT2D eigenvalue weighted by atomic mass is 10.1. The Hall–Kier alpha value is -3.09. The molecule has 120 valence electrons. The van der Waals surface area contributed by atoms with Crippen molar-refractivity contribution in [2.24, 2.45) is 5.10 Å². The lowest BCUT2D eigenvalue weighted by Gasteiger charge is -2.07. The first-order chi connectivity index (χ1) is 11.0. The molecule has 7 heteroatoms. The normalized spacial score (nSPS) is 11.1. The van der Waals surface area contributed by atoms with E-state index >= 15 is 0 Å². The second-order valence-corrected chi connectivity index (χ2v) is 4.65. The highest BCUT2D eigenvalue weighted by Gasteiger charge is 2.08. The minimum atomic E-state index is -0.578. The Morgan fingerprint density at radius 2 is 2.00 bits per heavy atom. The summed E-state index contributed by atoms with van der Waals surface area (Å²) >= 11 is 0. The molecule has 0 radical (unpaired) electrons. The lowest BCUT2D eigenvalue weighted by Crippen LogP contribution is -2.25. The number of hydrogen-bond acceptors (Lipinski definition) is 5. The number of nitrogens with one attached hydrogen (secondary N) is 1. The maximum atomic E-state index is 13.3. The van der Waals surface area contributed by atoms with Crippen LogP contribution in [-0.2, 0) is 4.79 Å². The fourth-order valence-corrected chi connectivity index (χ4v) is 1.77. The van der Waals surface area contributed by atoms with Crippen molar-refractivity contribution in [2.45, 2.75) is 6.92 Å². The molecule has 1 amide bonds. The van der Waals surface area contributed by atoms with Crippen molar-refractivity contribution in [3.05, 3.63) is 53.8 Å². The SMILES string of the molecule is C/C(=N\NC(=O)COc1ccccc1F)c1ccc(O)cc1O. The number of carbonyl (C=O) groups excluding carboxylic acids is 1. The van der Waals surface area contributed by atoms with Crippen molar-refractivity contribution in [3.8, 4) is 17.2 Å². The van der Waals surface area contributed by atoms with Crippen molar-refractivity contribution in [1.29, 1.82) is 0 Å². The van der Waals surface area contributed by atoms with Gasteiger partial charge in [-0.05, 0) is 31.2 Å². The topological polar surface area (TPSA) is 91.2 Å². The Morgan fingerprint density at radius 1 is 1.26 bits per heavy atom. The van der Waals surface area contributed by atoms with E-state index in [1.54, 1.807) is 13.0 Å². The quantitative estimate of drug-likeness (QED) is 0.582. The largest absolute Gasteiger partial charge is 0.508 e. The van der Waals surface area contributed by atoms with Gasteiger partial charge in [-0.2, -0.15) is 5.10 Å². The van der Waals surface area contributed by atoms with E-state index in [1.807, 2.05) is 0 Å². The van der Waals surface area contributed by atoms with E-state index in [-0.39, 0.29) is 17.2 Å². The molecule has 2 rings (SSSR count). The highest BCUT2D eigenvalue weighted by Crippen LogP contribution is 2.22. The van der Waals surface area contributed by atoms with Crippen molar-refractivity contribution in [2.75, 3.05) is 6.61 Å². The van der Waals surface area contributed by atoms with Crippen molar-refractivity contribution >= 4 is 11.6 Å². The first kappa shape index (κ1) is 16.3. The average Bonchev–Trinajstić information content (AvgIpc) is 2.52. The Bertz CT molecular complexity index is 747. The summed E-state index contributed by atoms with van der Waals surface area (Å²) in [6, 6.07) is 9.75. The van der Waals surface area contributed by atoms with Crippen molar-refractivity contribution in [1.82, 2.24) is 5.43 Å². The second-order valence-electron chi connectivity index (χ2n) is 4.65. The molecule has 0 spiro atoms. The number of rotatable bonds is 5. The maximum absolute atomic E-state index is 13.3. The van der Waals surface area contributed by atoms with Gasteiger partial charge in [0.1, 0.15) is 11.5 Å². The fraction of sp³-hybridized carbons (Fsp3) is 0.125. The monoisotopic (exact) mass is 318 g/mol. The third-order valence-corrected chi connectivity index (χ3v) is 2.91. The first-order valence-corrected chi connectivity index (χ1v) is 6.70. The number of phenolic OH excluding ortho intramolecular Hbond substituents is 2. The molecule has 0 heterocycles. The molecule has 0 aliphatic carbocycles. The van der Waals surface area contributed by atoms with Gasteiger partial charge in [0, 0.05) is 11.6 Å². The minimum absolute atomic E-state index is 0.0282. The predicted molar refractivity (Wildman–Crippen MR) is 82.0 cm³/mol. The molecule has 23 heavy (non-hydrogen) atoms.